The Kier molecular flexibility index (Phi) is 9.05. The molecule has 2 rings (SSSR count). The van der Waals surface area contributed by atoms with Gasteiger partial charge in [-0.1, -0.05) is 52.6 Å². The molecule has 0 fully saturated rings. The van der Waals surface area contributed by atoms with Crippen LogP contribution in [-0.2, 0) is 21.0 Å². The Labute approximate surface area is 179 Å². The molecule has 0 spiro atoms. The van der Waals surface area contributed by atoms with E-state index in [1.54, 1.807) is 31.4 Å². The van der Waals surface area contributed by atoms with Gasteiger partial charge in [-0.3, -0.25) is 4.79 Å². The van der Waals surface area contributed by atoms with Gasteiger partial charge in [0.15, 0.2) is 11.5 Å². The largest absolute Gasteiger partial charge is 0.489 e. The first-order valence-electron chi connectivity index (χ1n) is 8.66. The molecule has 2 aromatic carbocycles. The fourth-order valence-corrected chi connectivity index (χ4v) is 3.02. The van der Waals surface area contributed by atoms with Gasteiger partial charge >= 0.3 is 0 Å². The van der Waals surface area contributed by atoms with Crippen LogP contribution in [0.25, 0.3) is 0 Å². The van der Waals surface area contributed by atoms with Crippen molar-refractivity contribution in [2.75, 3.05) is 34.5 Å². The molecule has 7 nitrogen and oxygen atoms in total. The second kappa shape index (κ2) is 11.5. The number of hydrogen-bond donors (Lipinski definition) is 1. The van der Waals surface area contributed by atoms with Gasteiger partial charge in [0.25, 0.3) is 5.91 Å². The Bertz CT molecular complexity index is 851. The molecule has 0 unspecified atom stereocenters. The number of benzene rings is 2. The lowest BCUT2D eigenvalue weighted by atomic mass is 10.0. The van der Waals surface area contributed by atoms with Gasteiger partial charge in [-0.15, -0.1) is 0 Å². The number of carbonyl (C=O) groups is 1. The molecule has 1 N–H and O–H groups in total. The van der Waals surface area contributed by atoms with Gasteiger partial charge in [-0.05, 0) is 5.56 Å². The number of likely N-dealkylation sites (N-methyl/N-ethyl adjacent to an activating group) is 1. The van der Waals surface area contributed by atoms with E-state index in [2.05, 4.69) is 10.5 Å². The van der Waals surface area contributed by atoms with Gasteiger partial charge in [0.2, 0.25) is 0 Å². The third-order valence-electron chi connectivity index (χ3n) is 3.80. The van der Waals surface area contributed by atoms with Crippen molar-refractivity contribution in [1.29, 1.82) is 0 Å². The number of amides is 1. The van der Waals surface area contributed by atoms with E-state index in [0.717, 1.165) is 5.56 Å². The molecule has 0 aromatic heterocycles. The Morgan fingerprint density at radius 1 is 1.07 bits per heavy atom. The Balaban J connectivity index is 2.20. The molecule has 0 aliphatic heterocycles. The van der Waals surface area contributed by atoms with E-state index in [4.69, 9.17) is 42.3 Å². The highest BCUT2D eigenvalue weighted by molar-refractivity contribution is 6.45. The summed E-state index contributed by atoms with van der Waals surface area (Å²) < 4.78 is 16.3. The van der Waals surface area contributed by atoms with E-state index < -0.39 is 0 Å². The Hall–Kier alpha value is -2.48. The molecule has 29 heavy (non-hydrogen) atoms. The number of carbonyl (C=O) groups excluding carboxylic acids is 1. The van der Waals surface area contributed by atoms with E-state index >= 15 is 0 Å². The van der Waals surface area contributed by atoms with E-state index in [9.17, 15) is 4.79 Å². The number of nitrogens with zero attached hydrogens (tertiary/aromatic N) is 1. The minimum atomic E-state index is -0.372. The van der Waals surface area contributed by atoms with E-state index in [0.29, 0.717) is 40.3 Å². The molecular weight excluding hydrogens is 419 g/mol. The van der Waals surface area contributed by atoms with Gasteiger partial charge in [0.05, 0.1) is 16.7 Å². The average molecular weight is 441 g/mol. The zero-order chi connectivity index (χ0) is 21.2. The van der Waals surface area contributed by atoms with Crippen LogP contribution >= 0.6 is 23.2 Å². The van der Waals surface area contributed by atoms with Crippen molar-refractivity contribution in [1.82, 2.24) is 5.32 Å². The van der Waals surface area contributed by atoms with Crippen LogP contribution in [-0.4, -0.2) is 46.1 Å². The lowest BCUT2D eigenvalue weighted by Crippen LogP contribution is -2.29. The van der Waals surface area contributed by atoms with Crippen molar-refractivity contribution in [3.63, 3.8) is 0 Å². The first-order chi connectivity index (χ1) is 14.0. The van der Waals surface area contributed by atoms with Crippen LogP contribution in [0.5, 0.6) is 11.5 Å². The number of oxime groups is 1. The number of ether oxygens (including phenoxy) is 3. The van der Waals surface area contributed by atoms with Gasteiger partial charge in [0.1, 0.15) is 26.1 Å². The molecule has 1 amide bonds. The molecule has 0 aliphatic carbocycles. The van der Waals surface area contributed by atoms with Gasteiger partial charge in [-0.25, -0.2) is 0 Å². The lowest BCUT2D eigenvalue weighted by Gasteiger charge is -2.14. The molecule has 9 heteroatoms. The third-order valence-corrected chi connectivity index (χ3v) is 4.36. The van der Waals surface area contributed by atoms with E-state index in [1.807, 2.05) is 12.1 Å². The summed E-state index contributed by atoms with van der Waals surface area (Å²) in [7, 11) is 4.48. The van der Waals surface area contributed by atoms with Gasteiger partial charge in [0, 0.05) is 31.9 Å². The highest BCUT2D eigenvalue weighted by Gasteiger charge is 2.18. The quantitative estimate of drug-likeness (QED) is 0.346. The summed E-state index contributed by atoms with van der Waals surface area (Å²) >= 11 is 12.5. The van der Waals surface area contributed by atoms with Crippen molar-refractivity contribution in [3.05, 3.63) is 57.6 Å². The Morgan fingerprint density at radius 3 is 2.38 bits per heavy atom. The second-order valence-electron chi connectivity index (χ2n) is 5.70. The van der Waals surface area contributed by atoms with Crippen LogP contribution in [0.4, 0.5) is 0 Å². The molecule has 0 saturated carbocycles. The second-order valence-corrected chi connectivity index (χ2v) is 6.52. The maximum Gasteiger partial charge on any atom is 0.273 e. The van der Waals surface area contributed by atoms with Crippen LogP contribution in [0, 0.1) is 0 Å². The van der Waals surface area contributed by atoms with Crippen molar-refractivity contribution in [3.8, 4) is 11.5 Å². The monoisotopic (exact) mass is 440 g/mol. The zero-order valence-electron chi connectivity index (χ0n) is 16.3. The van der Waals surface area contributed by atoms with Gasteiger partial charge < -0.3 is 24.4 Å². The number of halogens is 2. The molecule has 0 bridgehead atoms. The van der Waals surface area contributed by atoms with E-state index in [1.165, 1.54) is 14.2 Å². The topological polar surface area (TPSA) is 78.4 Å². The van der Waals surface area contributed by atoms with Gasteiger partial charge in [-0.2, -0.15) is 0 Å². The molecule has 0 radical (unpaired) electrons. The maximum absolute atomic E-state index is 12.1. The lowest BCUT2D eigenvalue weighted by molar-refractivity contribution is -0.114. The minimum Gasteiger partial charge on any atom is -0.489 e. The average Bonchev–Trinajstić information content (AvgIpc) is 2.72. The van der Waals surface area contributed by atoms with Crippen LogP contribution in [0.2, 0.25) is 10.0 Å². The van der Waals surface area contributed by atoms with Crippen LogP contribution in [0.3, 0.4) is 0 Å². The Morgan fingerprint density at radius 2 is 1.76 bits per heavy atom. The van der Waals surface area contributed by atoms with Crippen molar-refractivity contribution in [2.45, 2.75) is 6.61 Å². The predicted octanol–water partition coefficient (Wildman–Crippen LogP) is 3.69. The molecule has 0 aliphatic rings. The fraction of sp³-hybridized carbons (Fsp3) is 0.300. The van der Waals surface area contributed by atoms with Crippen LogP contribution in [0.15, 0.2) is 41.6 Å². The molecule has 156 valence electrons. The maximum atomic E-state index is 12.1. The normalized spacial score (nSPS) is 11.1. The summed E-state index contributed by atoms with van der Waals surface area (Å²) in [5, 5.41) is 7.03. The van der Waals surface area contributed by atoms with Crippen LogP contribution in [0.1, 0.15) is 11.1 Å². The number of hydrogen-bond acceptors (Lipinski definition) is 6. The van der Waals surface area contributed by atoms with Crippen molar-refractivity contribution < 1.29 is 23.8 Å². The summed E-state index contributed by atoms with van der Waals surface area (Å²) in [6.07, 6.45) is 0. The molecule has 0 heterocycles. The number of nitrogens with one attached hydrogen (secondary N) is 1. The first-order valence-corrected chi connectivity index (χ1v) is 9.42. The molecule has 0 atom stereocenters. The number of methoxy groups -OCH3 is 1. The summed E-state index contributed by atoms with van der Waals surface area (Å²) in [4.78, 5) is 17.0. The highest BCUT2D eigenvalue weighted by atomic mass is 35.5. The standard InChI is InChI=1S/C20H22Cl2N2O5/c1-23-20(25)18(24-27-3)15-7-5-4-6-13(15)12-29-14-10-16(21)19(17(22)11-14)28-9-8-26-2/h4-7,10-11H,8-9,12H2,1-3H3,(H,23,25). The summed E-state index contributed by atoms with van der Waals surface area (Å²) in [6.45, 7) is 0.898. The molecule has 2 aromatic rings. The molecular formula is C20H22Cl2N2O5. The number of rotatable bonds is 10. The summed E-state index contributed by atoms with van der Waals surface area (Å²) in [5.74, 6) is 0.453. The van der Waals surface area contributed by atoms with Crippen molar-refractivity contribution >= 4 is 34.8 Å². The minimum absolute atomic E-state index is 0.146. The van der Waals surface area contributed by atoms with E-state index in [-0.39, 0.29) is 18.2 Å². The van der Waals surface area contributed by atoms with Crippen LogP contribution < -0.4 is 14.8 Å². The summed E-state index contributed by atoms with van der Waals surface area (Å²) in [6, 6.07) is 10.4. The first kappa shape index (κ1) is 22.8. The summed E-state index contributed by atoms with van der Waals surface area (Å²) in [5.41, 5.74) is 1.47. The predicted molar refractivity (Wildman–Crippen MR) is 112 cm³/mol. The molecule has 0 saturated heterocycles. The highest BCUT2D eigenvalue weighted by Crippen LogP contribution is 2.37. The fourth-order valence-electron chi connectivity index (χ4n) is 2.45. The zero-order valence-corrected chi connectivity index (χ0v) is 17.8. The smallest absolute Gasteiger partial charge is 0.273 e. The third kappa shape index (κ3) is 6.25. The SMILES string of the molecule is CNC(=O)C(=NOC)c1ccccc1COc1cc(Cl)c(OCCOC)c(Cl)c1. The van der Waals surface area contributed by atoms with Crippen molar-refractivity contribution in [2.24, 2.45) is 5.16 Å².